The van der Waals surface area contributed by atoms with E-state index in [2.05, 4.69) is 4.90 Å². The Morgan fingerprint density at radius 2 is 2.00 bits per heavy atom. The topological polar surface area (TPSA) is 53.0 Å². The van der Waals surface area contributed by atoms with Crippen molar-refractivity contribution in [2.45, 2.75) is 76.2 Å². The maximum Gasteiger partial charge on any atom is 0.408 e. The highest BCUT2D eigenvalue weighted by atomic mass is 16.5. The molecule has 3 saturated heterocycles. The molecule has 3 aliphatic rings. The van der Waals surface area contributed by atoms with E-state index in [0.29, 0.717) is 6.10 Å². The van der Waals surface area contributed by atoms with Crippen molar-refractivity contribution in [3.63, 3.8) is 0 Å². The average Bonchev–Trinajstić information content (AvgIpc) is 3.03. The second-order valence-corrected chi connectivity index (χ2v) is 8.00. The van der Waals surface area contributed by atoms with Crippen LogP contribution in [-0.2, 0) is 4.74 Å². The van der Waals surface area contributed by atoms with E-state index < -0.39 is 6.09 Å². The summed E-state index contributed by atoms with van der Waals surface area (Å²) in [7, 11) is 0. The van der Waals surface area contributed by atoms with Gasteiger partial charge >= 0.3 is 6.09 Å². The number of carboxylic acid groups (broad SMARTS) is 1. The number of carbonyl (C=O) groups is 1. The SMILES string of the molecule is CC(C)(C)N(C(=O)O)[C@@H]1CCN(CC23CCC(CC2)O3)C1. The zero-order valence-corrected chi connectivity index (χ0v) is 13.5. The van der Waals surface area contributed by atoms with E-state index in [-0.39, 0.29) is 17.2 Å². The van der Waals surface area contributed by atoms with Gasteiger partial charge in [-0.1, -0.05) is 0 Å². The Morgan fingerprint density at radius 1 is 1.33 bits per heavy atom. The third-order valence-electron chi connectivity index (χ3n) is 5.31. The standard InChI is InChI=1S/C16H28N2O3/c1-15(2,3)18(14(19)20)12-6-9-17(10-12)11-16-7-4-13(21-16)5-8-16/h12-13H,4-11H2,1-3H3,(H,19,20)/t12-,13?,16?/m1/s1. The molecule has 0 saturated carbocycles. The van der Waals surface area contributed by atoms with Crippen LogP contribution < -0.4 is 0 Å². The zero-order chi connectivity index (χ0) is 15.3. The van der Waals surface area contributed by atoms with Crippen molar-refractivity contribution < 1.29 is 14.6 Å². The zero-order valence-electron chi connectivity index (χ0n) is 13.5. The Bertz CT molecular complexity index is 410. The molecule has 3 aliphatic heterocycles. The van der Waals surface area contributed by atoms with E-state index in [0.717, 1.165) is 26.1 Å². The molecule has 0 spiro atoms. The van der Waals surface area contributed by atoms with Gasteiger partial charge in [-0.2, -0.15) is 0 Å². The van der Waals surface area contributed by atoms with Gasteiger partial charge in [0.1, 0.15) is 0 Å². The highest BCUT2D eigenvalue weighted by Gasteiger charge is 2.48. The monoisotopic (exact) mass is 296 g/mol. The van der Waals surface area contributed by atoms with Crippen LogP contribution in [0.3, 0.4) is 0 Å². The molecule has 0 aromatic heterocycles. The Balaban J connectivity index is 1.61. The predicted molar refractivity (Wildman–Crippen MR) is 80.5 cm³/mol. The third kappa shape index (κ3) is 2.90. The second kappa shape index (κ2) is 5.13. The summed E-state index contributed by atoms with van der Waals surface area (Å²) in [6.07, 6.45) is 5.41. The van der Waals surface area contributed by atoms with Crippen LogP contribution >= 0.6 is 0 Å². The molecule has 3 rings (SSSR count). The Morgan fingerprint density at radius 3 is 2.48 bits per heavy atom. The second-order valence-electron chi connectivity index (χ2n) is 8.00. The van der Waals surface area contributed by atoms with Gasteiger partial charge in [0.05, 0.1) is 11.7 Å². The first-order chi connectivity index (χ1) is 9.79. The third-order valence-corrected chi connectivity index (χ3v) is 5.31. The molecular weight excluding hydrogens is 268 g/mol. The number of amides is 1. The largest absolute Gasteiger partial charge is 0.465 e. The minimum Gasteiger partial charge on any atom is -0.465 e. The minimum absolute atomic E-state index is 0.0787. The van der Waals surface area contributed by atoms with Crippen LogP contribution in [0.15, 0.2) is 0 Å². The maximum absolute atomic E-state index is 11.6. The number of hydrogen-bond donors (Lipinski definition) is 1. The summed E-state index contributed by atoms with van der Waals surface area (Å²) in [6.45, 7) is 8.75. The van der Waals surface area contributed by atoms with E-state index in [9.17, 15) is 9.90 Å². The van der Waals surface area contributed by atoms with Gasteiger partial charge in [0.15, 0.2) is 0 Å². The van der Waals surface area contributed by atoms with Gasteiger partial charge in [-0.05, 0) is 52.9 Å². The molecule has 3 heterocycles. The van der Waals surface area contributed by atoms with Gasteiger partial charge in [0, 0.05) is 31.2 Å². The Kier molecular flexibility index (Phi) is 3.69. The highest BCUT2D eigenvalue weighted by molar-refractivity contribution is 5.66. The minimum atomic E-state index is -0.800. The lowest BCUT2D eigenvalue weighted by molar-refractivity contribution is -0.0106. The first kappa shape index (κ1) is 15.1. The van der Waals surface area contributed by atoms with Crippen LogP contribution in [0.25, 0.3) is 0 Å². The van der Waals surface area contributed by atoms with Crippen molar-refractivity contribution in [2.24, 2.45) is 0 Å². The van der Waals surface area contributed by atoms with E-state index in [4.69, 9.17) is 4.74 Å². The summed E-state index contributed by atoms with van der Waals surface area (Å²) in [5.74, 6) is 0. The number of ether oxygens (including phenoxy) is 1. The molecule has 1 amide bonds. The predicted octanol–water partition coefficient (Wildman–Crippen LogP) is 2.55. The van der Waals surface area contributed by atoms with Gasteiger partial charge in [-0.15, -0.1) is 0 Å². The first-order valence-corrected chi connectivity index (χ1v) is 8.22. The van der Waals surface area contributed by atoms with E-state index in [1.807, 2.05) is 20.8 Å². The van der Waals surface area contributed by atoms with Crippen LogP contribution in [0.2, 0.25) is 0 Å². The number of likely N-dealkylation sites (tertiary alicyclic amines) is 1. The van der Waals surface area contributed by atoms with Crippen LogP contribution in [0.1, 0.15) is 52.9 Å². The van der Waals surface area contributed by atoms with Gasteiger partial charge in [0.25, 0.3) is 0 Å². The smallest absolute Gasteiger partial charge is 0.408 e. The quantitative estimate of drug-likeness (QED) is 0.869. The summed E-state index contributed by atoms with van der Waals surface area (Å²) in [4.78, 5) is 15.6. The molecular formula is C16H28N2O3. The molecule has 0 unspecified atom stereocenters. The van der Waals surface area contributed by atoms with Crippen molar-refractivity contribution in [3.05, 3.63) is 0 Å². The Hall–Kier alpha value is -0.810. The summed E-state index contributed by atoms with van der Waals surface area (Å²) in [5, 5.41) is 9.53. The highest BCUT2D eigenvalue weighted by Crippen LogP contribution is 2.44. The number of hydrogen-bond acceptors (Lipinski definition) is 3. The molecule has 120 valence electrons. The van der Waals surface area contributed by atoms with Gasteiger partial charge in [0.2, 0.25) is 0 Å². The molecule has 0 radical (unpaired) electrons. The van der Waals surface area contributed by atoms with Gasteiger partial charge in [-0.25, -0.2) is 4.79 Å². The molecule has 3 fully saturated rings. The van der Waals surface area contributed by atoms with Crippen LogP contribution in [0.4, 0.5) is 4.79 Å². The van der Waals surface area contributed by atoms with Crippen molar-refractivity contribution in [2.75, 3.05) is 19.6 Å². The lowest BCUT2D eigenvalue weighted by Gasteiger charge is -2.38. The van der Waals surface area contributed by atoms with E-state index in [1.54, 1.807) is 4.90 Å². The van der Waals surface area contributed by atoms with Crippen molar-refractivity contribution >= 4 is 6.09 Å². The summed E-state index contributed by atoms with van der Waals surface area (Å²) in [6, 6.07) is 0.109. The molecule has 5 nitrogen and oxygen atoms in total. The van der Waals surface area contributed by atoms with Crippen molar-refractivity contribution in [1.82, 2.24) is 9.80 Å². The molecule has 1 atom stereocenters. The summed E-state index contributed by atoms with van der Waals surface area (Å²) in [5.41, 5.74) is -0.261. The molecule has 0 aromatic carbocycles. The molecule has 1 N–H and O–H groups in total. The summed E-state index contributed by atoms with van der Waals surface area (Å²) >= 11 is 0. The number of rotatable bonds is 3. The molecule has 0 aromatic rings. The lowest BCUT2D eigenvalue weighted by Crippen LogP contribution is -2.52. The fraction of sp³-hybridized carbons (Fsp3) is 0.938. The molecule has 0 aliphatic carbocycles. The van der Waals surface area contributed by atoms with Crippen LogP contribution in [-0.4, -0.2) is 63.9 Å². The van der Waals surface area contributed by atoms with E-state index >= 15 is 0 Å². The first-order valence-electron chi connectivity index (χ1n) is 8.22. The Labute approximate surface area is 127 Å². The van der Waals surface area contributed by atoms with Crippen molar-refractivity contribution in [1.29, 1.82) is 0 Å². The van der Waals surface area contributed by atoms with Gasteiger partial charge < -0.3 is 9.84 Å². The maximum atomic E-state index is 11.6. The van der Waals surface area contributed by atoms with Crippen LogP contribution in [0, 0.1) is 0 Å². The number of nitrogens with zero attached hydrogens (tertiary/aromatic N) is 2. The molecule has 5 heteroatoms. The lowest BCUT2D eigenvalue weighted by atomic mass is 9.88. The number of fused-ring (bicyclic) bond motifs is 2. The van der Waals surface area contributed by atoms with E-state index in [1.165, 1.54) is 25.7 Å². The van der Waals surface area contributed by atoms with Crippen molar-refractivity contribution in [3.8, 4) is 0 Å². The summed E-state index contributed by atoms with van der Waals surface area (Å²) < 4.78 is 6.16. The fourth-order valence-electron chi connectivity index (χ4n) is 4.47. The average molecular weight is 296 g/mol. The fourth-order valence-corrected chi connectivity index (χ4v) is 4.47. The normalized spacial score (nSPS) is 36.3. The molecule has 2 bridgehead atoms. The van der Waals surface area contributed by atoms with Gasteiger partial charge in [-0.3, -0.25) is 9.80 Å². The van der Waals surface area contributed by atoms with Crippen LogP contribution in [0.5, 0.6) is 0 Å². The molecule has 21 heavy (non-hydrogen) atoms.